The van der Waals surface area contributed by atoms with Crippen LogP contribution in [0.4, 0.5) is 5.69 Å². The van der Waals surface area contributed by atoms with Crippen LogP contribution >= 0.6 is 0 Å². The Bertz CT molecular complexity index is 1310. The number of aryl methyl sites for hydroxylation is 1. The monoisotopic (exact) mass is 471 g/mol. The van der Waals surface area contributed by atoms with Crippen molar-refractivity contribution in [1.29, 1.82) is 0 Å². The Morgan fingerprint density at radius 2 is 1.71 bits per heavy atom. The normalized spacial score (nSPS) is 17.3. The van der Waals surface area contributed by atoms with Crippen molar-refractivity contribution in [3.05, 3.63) is 94.6 Å². The van der Waals surface area contributed by atoms with E-state index in [1.54, 1.807) is 42.5 Å². The fourth-order valence-electron chi connectivity index (χ4n) is 4.48. The summed E-state index contributed by atoms with van der Waals surface area (Å²) < 4.78 is 5.74. The first-order chi connectivity index (χ1) is 16.7. The van der Waals surface area contributed by atoms with E-state index < -0.39 is 17.7 Å². The lowest BCUT2D eigenvalue weighted by molar-refractivity contribution is -0.132. The van der Waals surface area contributed by atoms with Crippen LogP contribution in [-0.2, 0) is 9.59 Å². The van der Waals surface area contributed by atoms with Crippen LogP contribution in [0.25, 0.3) is 5.76 Å². The molecule has 3 aromatic rings. The summed E-state index contributed by atoms with van der Waals surface area (Å²) in [4.78, 5) is 28.1. The molecule has 0 spiro atoms. The van der Waals surface area contributed by atoms with Crippen molar-refractivity contribution in [1.82, 2.24) is 0 Å². The van der Waals surface area contributed by atoms with Crippen LogP contribution in [0.3, 0.4) is 0 Å². The molecule has 6 nitrogen and oxygen atoms in total. The SMILES string of the molecule is CCOc1ccc(/C(O)=C2/C(=O)C(=O)N(c3ccccc3C)C2c2ccc(O)cc2)cc1C(C)C. The third-order valence-electron chi connectivity index (χ3n) is 6.23. The molecular formula is C29H29NO5. The van der Waals surface area contributed by atoms with Gasteiger partial charge in [0.25, 0.3) is 11.7 Å². The highest BCUT2D eigenvalue weighted by Crippen LogP contribution is 2.43. The van der Waals surface area contributed by atoms with Crippen LogP contribution in [0.1, 0.15) is 55.0 Å². The number of para-hydroxylation sites is 1. The topological polar surface area (TPSA) is 87.1 Å². The summed E-state index contributed by atoms with van der Waals surface area (Å²) in [5.41, 5.74) is 3.33. The quantitative estimate of drug-likeness (QED) is 0.268. The van der Waals surface area contributed by atoms with Crippen molar-refractivity contribution >= 4 is 23.1 Å². The number of nitrogens with zero attached hydrogens (tertiary/aromatic N) is 1. The summed E-state index contributed by atoms with van der Waals surface area (Å²) in [7, 11) is 0. The Morgan fingerprint density at radius 1 is 1.03 bits per heavy atom. The molecule has 1 aliphatic rings. The number of Topliss-reactive ketones (excluding diaryl/α,β-unsaturated/α-hetero) is 1. The molecule has 0 aromatic heterocycles. The number of aliphatic hydroxyl groups excluding tert-OH is 1. The molecule has 0 saturated carbocycles. The summed E-state index contributed by atoms with van der Waals surface area (Å²) in [5, 5.41) is 21.3. The molecule has 1 fully saturated rings. The summed E-state index contributed by atoms with van der Waals surface area (Å²) >= 11 is 0. The fourth-order valence-corrected chi connectivity index (χ4v) is 4.48. The van der Waals surface area contributed by atoms with E-state index in [1.807, 2.05) is 39.8 Å². The number of hydrogen-bond donors (Lipinski definition) is 2. The lowest BCUT2D eigenvalue weighted by atomic mass is 9.93. The maximum Gasteiger partial charge on any atom is 0.300 e. The molecule has 3 aromatic carbocycles. The highest BCUT2D eigenvalue weighted by molar-refractivity contribution is 6.51. The van der Waals surface area contributed by atoms with E-state index in [2.05, 4.69) is 0 Å². The first-order valence-corrected chi connectivity index (χ1v) is 11.7. The van der Waals surface area contributed by atoms with Crippen molar-refractivity contribution in [3.8, 4) is 11.5 Å². The third-order valence-corrected chi connectivity index (χ3v) is 6.23. The number of amides is 1. The second-order valence-electron chi connectivity index (χ2n) is 8.89. The summed E-state index contributed by atoms with van der Waals surface area (Å²) in [6.07, 6.45) is 0. The van der Waals surface area contributed by atoms with Gasteiger partial charge in [0.05, 0.1) is 18.2 Å². The number of anilines is 1. The summed E-state index contributed by atoms with van der Waals surface area (Å²) in [6, 6.07) is 18.0. The van der Waals surface area contributed by atoms with Crippen molar-refractivity contribution in [3.63, 3.8) is 0 Å². The van der Waals surface area contributed by atoms with Gasteiger partial charge in [0.1, 0.15) is 17.3 Å². The number of benzene rings is 3. The molecule has 1 amide bonds. The smallest absolute Gasteiger partial charge is 0.300 e. The third kappa shape index (κ3) is 4.39. The molecule has 0 bridgehead atoms. The Morgan fingerprint density at radius 3 is 2.34 bits per heavy atom. The highest BCUT2D eigenvalue weighted by atomic mass is 16.5. The molecule has 1 saturated heterocycles. The van der Waals surface area contributed by atoms with Crippen LogP contribution in [0.5, 0.6) is 11.5 Å². The first kappa shape index (κ1) is 24.1. The number of phenols is 1. The minimum atomic E-state index is -0.856. The van der Waals surface area contributed by atoms with Gasteiger partial charge in [-0.2, -0.15) is 0 Å². The maximum absolute atomic E-state index is 13.4. The number of carbonyl (C=O) groups excluding carboxylic acids is 2. The van der Waals surface area contributed by atoms with E-state index in [0.29, 0.717) is 23.4 Å². The number of rotatable bonds is 6. The number of hydrogen-bond acceptors (Lipinski definition) is 5. The number of ketones is 1. The van der Waals surface area contributed by atoms with E-state index in [1.165, 1.54) is 17.0 Å². The fraction of sp³-hybridized carbons (Fsp3) is 0.241. The van der Waals surface area contributed by atoms with Crippen molar-refractivity contribution < 1.29 is 24.5 Å². The van der Waals surface area contributed by atoms with Gasteiger partial charge in [-0.25, -0.2) is 0 Å². The lowest BCUT2D eigenvalue weighted by Gasteiger charge is -2.27. The average molecular weight is 472 g/mol. The standard InChI is InChI=1S/C29H29NO5/c1-5-35-24-15-12-20(16-22(24)17(2)3)27(32)25-26(19-10-13-21(31)14-11-19)30(29(34)28(25)33)23-9-7-6-8-18(23)4/h6-17,26,31-32H,5H2,1-4H3/b27-25-. The van der Waals surface area contributed by atoms with E-state index in [-0.39, 0.29) is 23.0 Å². The largest absolute Gasteiger partial charge is 0.508 e. The van der Waals surface area contributed by atoms with Crippen LogP contribution in [-0.4, -0.2) is 28.5 Å². The molecule has 0 aliphatic carbocycles. The van der Waals surface area contributed by atoms with Crippen molar-refractivity contribution in [2.45, 2.75) is 39.7 Å². The minimum Gasteiger partial charge on any atom is -0.508 e. The number of aliphatic hydroxyl groups is 1. The summed E-state index contributed by atoms with van der Waals surface area (Å²) in [5.74, 6) is -0.823. The van der Waals surface area contributed by atoms with Gasteiger partial charge in [-0.15, -0.1) is 0 Å². The number of ether oxygens (including phenoxy) is 1. The van der Waals surface area contributed by atoms with E-state index in [0.717, 1.165) is 16.9 Å². The highest BCUT2D eigenvalue weighted by Gasteiger charge is 2.47. The van der Waals surface area contributed by atoms with Crippen LogP contribution < -0.4 is 9.64 Å². The lowest BCUT2D eigenvalue weighted by Crippen LogP contribution is -2.30. The molecule has 1 unspecified atom stereocenters. The predicted molar refractivity (Wildman–Crippen MR) is 136 cm³/mol. The molecule has 1 aliphatic heterocycles. The van der Waals surface area contributed by atoms with E-state index >= 15 is 0 Å². The van der Waals surface area contributed by atoms with Gasteiger partial charge in [0.2, 0.25) is 0 Å². The average Bonchev–Trinajstić information content (AvgIpc) is 3.10. The first-order valence-electron chi connectivity index (χ1n) is 11.7. The molecule has 35 heavy (non-hydrogen) atoms. The zero-order valence-electron chi connectivity index (χ0n) is 20.3. The minimum absolute atomic E-state index is 0.00260. The molecule has 1 atom stereocenters. The number of aromatic hydroxyl groups is 1. The zero-order chi connectivity index (χ0) is 25.3. The predicted octanol–water partition coefficient (Wildman–Crippen LogP) is 5.85. The molecule has 0 radical (unpaired) electrons. The number of carbonyl (C=O) groups is 2. The van der Waals surface area contributed by atoms with Crippen LogP contribution in [0.2, 0.25) is 0 Å². The van der Waals surface area contributed by atoms with Crippen molar-refractivity contribution in [2.24, 2.45) is 0 Å². The second-order valence-corrected chi connectivity index (χ2v) is 8.89. The Balaban J connectivity index is 1.94. The number of phenolic OH excluding ortho intramolecular Hbond substituents is 1. The van der Waals surface area contributed by atoms with Gasteiger partial charge in [0.15, 0.2) is 0 Å². The zero-order valence-corrected chi connectivity index (χ0v) is 20.3. The maximum atomic E-state index is 13.4. The van der Waals surface area contributed by atoms with Gasteiger partial charge < -0.3 is 14.9 Å². The van der Waals surface area contributed by atoms with Gasteiger partial charge in [-0.1, -0.05) is 44.2 Å². The van der Waals surface area contributed by atoms with Gasteiger partial charge in [0, 0.05) is 11.3 Å². The van der Waals surface area contributed by atoms with E-state index in [4.69, 9.17) is 4.74 Å². The van der Waals surface area contributed by atoms with Crippen LogP contribution in [0, 0.1) is 6.92 Å². The van der Waals surface area contributed by atoms with Gasteiger partial charge in [-0.3, -0.25) is 14.5 Å². The molecular weight excluding hydrogens is 442 g/mol. The Labute approximate surface area is 205 Å². The van der Waals surface area contributed by atoms with E-state index in [9.17, 15) is 19.8 Å². The van der Waals surface area contributed by atoms with Gasteiger partial charge >= 0.3 is 0 Å². The molecule has 180 valence electrons. The molecule has 4 rings (SSSR count). The van der Waals surface area contributed by atoms with Gasteiger partial charge in [-0.05, 0) is 72.9 Å². The Hall–Kier alpha value is -4.06. The molecule has 6 heteroatoms. The Kier molecular flexibility index (Phi) is 6.65. The second kappa shape index (κ2) is 9.66. The van der Waals surface area contributed by atoms with Crippen LogP contribution in [0.15, 0.2) is 72.3 Å². The van der Waals surface area contributed by atoms with Crippen molar-refractivity contribution in [2.75, 3.05) is 11.5 Å². The summed E-state index contributed by atoms with van der Waals surface area (Å²) in [6.45, 7) is 8.32. The molecule has 2 N–H and O–H groups in total. The molecule has 1 heterocycles.